The van der Waals surface area contributed by atoms with Crippen LogP contribution >= 0.6 is 0 Å². The number of carbonyl (C=O) groups is 3. The van der Waals surface area contributed by atoms with Crippen LogP contribution in [0.25, 0.3) is 0 Å². The summed E-state index contributed by atoms with van der Waals surface area (Å²) in [5.74, 6) is -4.40. The molecule has 0 spiro atoms. The number of aliphatic carboxylic acids is 2. The minimum absolute atomic E-state index is 0.0482. The highest BCUT2D eigenvalue weighted by Crippen LogP contribution is 2.39. The number of likely N-dealkylation sites (tertiary alicyclic amines) is 1. The molecule has 0 aromatic heterocycles. The molecule has 1 heterocycles. The van der Waals surface area contributed by atoms with Crippen molar-refractivity contribution in [3.05, 3.63) is 0 Å². The predicted octanol–water partition coefficient (Wildman–Crippen LogP) is 0.138. The molecular formula is C14H22N2O5. The lowest BCUT2D eigenvalue weighted by Gasteiger charge is -2.40. The van der Waals surface area contributed by atoms with E-state index in [0.717, 1.165) is 12.8 Å². The first-order chi connectivity index (χ1) is 9.77. The molecule has 0 radical (unpaired) electrons. The zero-order chi connectivity index (χ0) is 15.8. The van der Waals surface area contributed by atoms with Gasteiger partial charge in [0.2, 0.25) is 5.91 Å². The van der Waals surface area contributed by atoms with Crippen molar-refractivity contribution in [2.45, 2.75) is 38.6 Å². The molecule has 0 aromatic carbocycles. The molecule has 4 atom stereocenters. The Morgan fingerprint density at radius 2 is 1.76 bits per heavy atom. The minimum Gasteiger partial charge on any atom is -0.481 e. The largest absolute Gasteiger partial charge is 0.481 e. The SMILES string of the molecule is CC1(C(=O)N2CCC(C(=O)O)C(C(=O)O)C2)CCCC1N. The van der Waals surface area contributed by atoms with Crippen LogP contribution in [0.15, 0.2) is 0 Å². The lowest BCUT2D eigenvalue weighted by atomic mass is 9.80. The topological polar surface area (TPSA) is 121 Å². The van der Waals surface area contributed by atoms with Crippen molar-refractivity contribution in [3.63, 3.8) is 0 Å². The van der Waals surface area contributed by atoms with Gasteiger partial charge in [0, 0.05) is 19.1 Å². The fraction of sp³-hybridized carbons (Fsp3) is 0.786. The number of hydrogen-bond donors (Lipinski definition) is 3. The average Bonchev–Trinajstić information content (AvgIpc) is 2.78. The van der Waals surface area contributed by atoms with Crippen molar-refractivity contribution >= 4 is 17.8 Å². The van der Waals surface area contributed by atoms with Gasteiger partial charge in [-0.15, -0.1) is 0 Å². The summed E-state index contributed by atoms with van der Waals surface area (Å²) in [6.07, 6.45) is 2.54. The molecule has 118 valence electrons. The van der Waals surface area contributed by atoms with E-state index in [9.17, 15) is 19.5 Å². The van der Waals surface area contributed by atoms with E-state index in [4.69, 9.17) is 10.8 Å². The molecule has 1 amide bonds. The van der Waals surface area contributed by atoms with Crippen molar-refractivity contribution in [1.82, 2.24) is 4.90 Å². The second-order valence-electron chi connectivity index (χ2n) is 6.35. The fourth-order valence-electron chi connectivity index (χ4n) is 3.50. The van der Waals surface area contributed by atoms with Gasteiger partial charge in [0.25, 0.3) is 0 Å². The quantitative estimate of drug-likeness (QED) is 0.681. The zero-order valence-electron chi connectivity index (χ0n) is 12.1. The molecule has 1 aliphatic heterocycles. The van der Waals surface area contributed by atoms with Gasteiger partial charge in [-0.25, -0.2) is 0 Å². The van der Waals surface area contributed by atoms with Crippen LogP contribution in [0.5, 0.6) is 0 Å². The van der Waals surface area contributed by atoms with Crippen LogP contribution in [0.2, 0.25) is 0 Å². The molecule has 7 nitrogen and oxygen atoms in total. The van der Waals surface area contributed by atoms with Gasteiger partial charge in [0.05, 0.1) is 17.3 Å². The Bertz CT molecular complexity index is 466. The van der Waals surface area contributed by atoms with Crippen LogP contribution < -0.4 is 5.73 Å². The van der Waals surface area contributed by atoms with Crippen LogP contribution in [-0.2, 0) is 14.4 Å². The maximum atomic E-state index is 12.7. The van der Waals surface area contributed by atoms with Crippen LogP contribution in [-0.4, -0.2) is 52.1 Å². The first-order valence-corrected chi connectivity index (χ1v) is 7.28. The predicted molar refractivity (Wildman–Crippen MR) is 73.4 cm³/mol. The zero-order valence-corrected chi connectivity index (χ0v) is 12.1. The Kier molecular flexibility index (Phi) is 4.22. The third-order valence-electron chi connectivity index (χ3n) is 5.05. The normalized spacial score (nSPS) is 36.5. The molecule has 4 N–H and O–H groups in total. The maximum absolute atomic E-state index is 12.7. The Balaban J connectivity index is 2.14. The van der Waals surface area contributed by atoms with Gasteiger partial charge in [-0.1, -0.05) is 6.42 Å². The highest BCUT2D eigenvalue weighted by atomic mass is 16.4. The van der Waals surface area contributed by atoms with Crippen LogP contribution in [0.3, 0.4) is 0 Å². The Morgan fingerprint density at radius 3 is 2.24 bits per heavy atom. The van der Waals surface area contributed by atoms with Gasteiger partial charge in [-0.2, -0.15) is 0 Å². The third kappa shape index (κ3) is 2.74. The number of rotatable bonds is 3. The van der Waals surface area contributed by atoms with E-state index in [0.29, 0.717) is 6.42 Å². The van der Waals surface area contributed by atoms with Gasteiger partial charge < -0.3 is 20.8 Å². The molecule has 7 heteroatoms. The van der Waals surface area contributed by atoms with Crippen LogP contribution in [0, 0.1) is 17.3 Å². The second-order valence-corrected chi connectivity index (χ2v) is 6.35. The van der Waals surface area contributed by atoms with E-state index in [1.54, 1.807) is 0 Å². The first kappa shape index (κ1) is 15.8. The summed E-state index contributed by atoms with van der Waals surface area (Å²) in [5, 5.41) is 18.3. The van der Waals surface area contributed by atoms with Crippen molar-refractivity contribution in [2.75, 3.05) is 13.1 Å². The summed E-state index contributed by atoms with van der Waals surface area (Å²) >= 11 is 0. The van der Waals surface area contributed by atoms with E-state index in [1.165, 1.54) is 4.90 Å². The summed E-state index contributed by atoms with van der Waals surface area (Å²) in [7, 11) is 0. The number of carbonyl (C=O) groups excluding carboxylic acids is 1. The third-order valence-corrected chi connectivity index (χ3v) is 5.05. The second kappa shape index (κ2) is 5.63. The van der Waals surface area contributed by atoms with E-state index in [1.807, 2.05) is 6.92 Å². The standard InChI is InChI=1S/C14H22N2O5/c1-14(5-2-3-10(14)15)13(21)16-6-4-8(11(17)18)9(7-16)12(19)20/h8-10H,2-7,15H2,1H3,(H,17,18)(H,19,20). The number of nitrogens with zero attached hydrogens (tertiary/aromatic N) is 1. The van der Waals surface area contributed by atoms with Crippen LogP contribution in [0.1, 0.15) is 32.6 Å². The smallest absolute Gasteiger partial charge is 0.309 e. The summed E-state index contributed by atoms with van der Waals surface area (Å²) in [5.41, 5.74) is 5.38. The molecule has 1 aliphatic carbocycles. The van der Waals surface area contributed by atoms with E-state index in [-0.39, 0.29) is 31.5 Å². The van der Waals surface area contributed by atoms with Gasteiger partial charge in [-0.05, 0) is 26.2 Å². The minimum atomic E-state index is -1.17. The highest BCUT2D eigenvalue weighted by molar-refractivity contribution is 5.86. The van der Waals surface area contributed by atoms with E-state index in [2.05, 4.69) is 0 Å². The Morgan fingerprint density at radius 1 is 1.14 bits per heavy atom. The molecule has 1 saturated heterocycles. The molecule has 0 aromatic rings. The summed E-state index contributed by atoms with van der Waals surface area (Å²) in [6.45, 7) is 2.06. The number of amides is 1. The summed E-state index contributed by atoms with van der Waals surface area (Å²) in [4.78, 5) is 36.6. The molecule has 2 fully saturated rings. The summed E-state index contributed by atoms with van der Waals surface area (Å²) < 4.78 is 0. The lowest BCUT2D eigenvalue weighted by Crippen LogP contribution is -2.55. The van der Waals surface area contributed by atoms with Crippen LogP contribution in [0.4, 0.5) is 0 Å². The van der Waals surface area contributed by atoms with E-state index >= 15 is 0 Å². The van der Waals surface area contributed by atoms with Gasteiger partial charge in [0.1, 0.15) is 0 Å². The van der Waals surface area contributed by atoms with Crippen molar-refractivity contribution in [3.8, 4) is 0 Å². The van der Waals surface area contributed by atoms with Gasteiger partial charge >= 0.3 is 11.9 Å². The van der Waals surface area contributed by atoms with Crippen molar-refractivity contribution in [1.29, 1.82) is 0 Å². The molecule has 4 unspecified atom stereocenters. The average molecular weight is 298 g/mol. The molecule has 2 aliphatic rings. The maximum Gasteiger partial charge on any atom is 0.309 e. The number of carboxylic acids is 2. The molecule has 1 saturated carbocycles. The Labute approximate surface area is 123 Å². The number of hydrogen-bond acceptors (Lipinski definition) is 4. The molecule has 21 heavy (non-hydrogen) atoms. The lowest BCUT2D eigenvalue weighted by molar-refractivity contribution is -0.161. The fourth-order valence-corrected chi connectivity index (χ4v) is 3.50. The number of carboxylic acid groups (broad SMARTS) is 2. The first-order valence-electron chi connectivity index (χ1n) is 7.28. The Hall–Kier alpha value is -1.63. The van der Waals surface area contributed by atoms with Gasteiger partial charge in [-0.3, -0.25) is 14.4 Å². The monoisotopic (exact) mass is 298 g/mol. The van der Waals surface area contributed by atoms with E-state index < -0.39 is 29.2 Å². The number of piperidine rings is 1. The van der Waals surface area contributed by atoms with Crippen molar-refractivity contribution in [2.24, 2.45) is 23.0 Å². The number of nitrogens with two attached hydrogens (primary N) is 1. The molecule has 0 bridgehead atoms. The molecule has 2 rings (SSSR count). The summed E-state index contributed by atoms with van der Waals surface area (Å²) in [6, 6.07) is -0.217. The molecular weight excluding hydrogens is 276 g/mol. The van der Waals surface area contributed by atoms with Crippen molar-refractivity contribution < 1.29 is 24.6 Å². The van der Waals surface area contributed by atoms with Gasteiger partial charge in [0.15, 0.2) is 0 Å². The highest BCUT2D eigenvalue weighted by Gasteiger charge is 2.48.